The summed E-state index contributed by atoms with van der Waals surface area (Å²) in [5, 5.41) is 9.80. The van der Waals surface area contributed by atoms with Crippen molar-refractivity contribution in [3.63, 3.8) is 0 Å². The number of rotatable bonds is 6. The van der Waals surface area contributed by atoms with Crippen LogP contribution in [0.15, 0.2) is 36.5 Å². The molecule has 1 N–H and O–H groups in total. The first-order valence-corrected chi connectivity index (χ1v) is 11.7. The second-order valence-electron chi connectivity index (χ2n) is 9.45. The molecule has 0 bridgehead atoms. The predicted octanol–water partition coefficient (Wildman–Crippen LogP) is 3.58. The summed E-state index contributed by atoms with van der Waals surface area (Å²) in [4.78, 5) is 21.6. The van der Waals surface area contributed by atoms with Crippen molar-refractivity contribution in [1.29, 1.82) is 0 Å². The number of carbonyl (C=O) groups excluding carboxylic acids is 1. The van der Waals surface area contributed by atoms with Crippen LogP contribution >= 0.6 is 0 Å². The van der Waals surface area contributed by atoms with E-state index in [1.807, 2.05) is 40.8 Å². The second kappa shape index (κ2) is 11.5. The van der Waals surface area contributed by atoms with Gasteiger partial charge in [0.15, 0.2) is 0 Å². The molecule has 3 atom stereocenters. The first-order valence-electron chi connectivity index (χ1n) is 11.7. The van der Waals surface area contributed by atoms with E-state index in [0.717, 1.165) is 5.56 Å². The topological polar surface area (TPSA) is 65.9 Å². The van der Waals surface area contributed by atoms with E-state index < -0.39 is 0 Å². The van der Waals surface area contributed by atoms with Crippen LogP contribution in [0, 0.1) is 29.5 Å². The van der Waals surface area contributed by atoms with Gasteiger partial charge in [0.25, 0.3) is 5.91 Å². The summed E-state index contributed by atoms with van der Waals surface area (Å²) in [6, 6.07) is 7.92. The largest absolute Gasteiger partial charge is 0.472 e. The lowest BCUT2D eigenvalue weighted by Crippen LogP contribution is -2.49. The summed E-state index contributed by atoms with van der Waals surface area (Å²) in [5.41, 5.74) is 1.87. The molecule has 2 aromatic rings. The van der Waals surface area contributed by atoms with E-state index in [2.05, 4.69) is 21.7 Å². The number of aliphatic hydroxyl groups excluding tert-OH is 1. The van der Waals surface area contributed by atoms with Gasteiger partial charge < -0.3 is 14.7 Å². The molecule has 1 amide bonds. The highest BCUT2D eigenvalue weighted by Crippen LogP contribution is 2.27. The molecule has 7 heteroatoms. The number of hydrogen-bond acceptors (Lipinski definition) is 5. The van der Waals surface area contributed by atoms with Crippen LogP contribution in [-0.4, -0.2) is 64.7 Å². The molecule has 182 valence electrons. The fourth-order valence-electron chi connectivity index (χ4n) is 3.93. The molecule has 0 aliphatic carbocycles. The lowest BCUT2D eigenvalue weighted by atomic mass is 9.99. The summed E-state index contributed by atoms with van der Waals surface area (Å²) in [7, 11) is 1.96. The normalized spacial score (nSPS) is 19.1. The van der Waals surface area contributed by atoms with Gasteiger partial charge in [-0.2, -0.15) is 0 Å². The molecule has 1 aliphatic rings. The van der Waals surface area contributed by atoms with Crippen molar-refractivity contribution >= 4 is 5.91 Å². The van der Waals surface area contributed by atoms with Crippen LogP contribution in [0.4, 0.5) is 4.39 Å². The van der Waals surface area contributed by atoms with Gasteiger partial charge in [0, 0.05) is 43.2 Å². The summed E-state index contributed by atoms with van der Waals surface area (Å²) in [5.74, 6) is 6.11. The van der Waals surface area contributed by atoms with E-state index >= 15 is 0 Å². The Morgan fingerprint density at radius 2 is 2.09 bits per heavy atom. The number of benzene rings is 1. The second-order valence-corrected chi connectivity index (χ2v) is 9.45. The highest BCUT2D eigenvalue weighted by atomic mass is 19.1. The molecule has 0 saturated carbocycles. The lowest BCUT2D eigenvalue weighted by molar-refractivity contribution is 0.0325. The minimum Gasteiger partial charge on any atom is -0.472 e. The minimum atomic E-state index is -0.350. The van der Waals surface area contributed by atoms with Gasteiger partial charge in [0.1, 0.15) is 17.5 Å². The highest BCUT2D eigenvalue weighted by molar-refractivity contribution is 5.97. The highest BCUT2D eigenvalue weighted by Gasteiger charge is 2.34. The van der Waals surface area contributed by atoms with Gasteiger partial charge in [-0.15, -0.1) is 0 Å². The number of carbonyl (C=O) groups is 1. The number of fused-ring (bicyclic) bond motifs is 1. The molecule has 0 fully saturated rings. The van der Waals surface area contributed by atoms with Gasteiger partial charge in [0.2, 0.25) is 5.88 Å². The quantitative estimate of drug-likeness (QED) is 0.658. The van der Waals surface area contributed by atoms with Gasteiger partial charge in [-0.1, -0.05) is 44.7 Å². The molecule has 34 heavy (non-hydrogen) atoms. The standard InChI is InChI=1S/C27H34FN3O3/c1-18(2)9-10-21-12-24-26(29-13-21)34-25(19(3)14-31(27(24)33)20(4)17-32)16-30(5)15-22-7-6-8-23(28)11-22/h6-8,11-13,18-20,25,32H,14-17H2,1-5H3/t19-,20+,25-/m0/s1. The Kier molecular flexibility index (Phi) is 8.65. The first kappa shape index (κ1) is 25.7. The Morgan fingerprint density at radius 1 is 1.32 bits per heavy atom. The van der Waals surface area contributed by atoms with Gasteiger partial charge in [-0.05, 0) is 37.7 Å². The molecule has 1 aromatic carbocycles. The zero-order valence-corrected chi connectivity index (χ0v) is 20.6. The first-order chi connectivity index (χ1) is 16.2. The van der Waals surface area contributed by atoms with Crippen molar-refractivity contribution in [3.05, 3.63) is 59.0 Å². The third-order valence-electron chi connectivity index (χ3n) is 5.86. The molecule has 1 aromatic heterocycles. The lowest BCUT2D eigenvalue weighted by Gasteiger charge is -2.37. The number of nitrogens with zero attached hydrogens (tertiary/aromatic N) is 3. The van der Waals surface area contributed by atoms with Crippen LogP contribution in [0.3, 0.4) is 0 Å². The van der Waals surface area contributed by atoms with Crippen LogP contribution in [0.2, 0.25) is 0 Å². The Balaban J connectivity index is 1.90. The molecule has 3 rings (SSSR count). The molecule has 0 unspecified atom stereocenters. The van der Waals surface area contributed by atoms with E-state index in [1.54, 1.807) is 23.2 Å². The number of halogens is 1. The number of aliphatic hydroxyl groups is 1. The third-order valence-corrected chi connectivity index (χ3v) is 5.86. The van der Waals surface area contributed by atoms with Gasteiger partial charge >= 0.3 is 0 Å². The van der Waals surface area contributed by atoms with Crippen LogP contribution < -0.4 is 4.74 Å². The molecule has 6 nitrogen and oxygen atoms in total. The van der Waals surface area contributed by atoms with Crippen molar-refractivity contribution in [2.45, 2.75) is 46.4 Å². The van der Waals surface area contributed by atoms with Gasteiger partial charge in [0.05, 0.1) is 12.6 Å². The Bertz CT molecular complexity index is 1060. The SMILES string of the molecule is CC(C)C#Cc1cnc2c(c1)C(=O)N([C@H](C)CO)C[C@H](C)[C@H](CN(C)Cc1cccc(F)c1)O2. The Labute approximate surface area is 201 Å². The maximum absolute atomic E-state index is 13.6. The molecule has 0 radical (unpaired) electrons. The Morgan fingerprint density at radius 3 is 2.76 bits per heavy atom. The van der Waals surface area contributed by atoms with E-state index in [9.17, 15) is 14.3 Å². The average Bonchev–Trinajstić information content (AvgIpc) is 2.79. The van der Waals surface area contributed by atoms with Crippen molar-refractivity contribution in [2.75, 3.05) is 26.7 Å². The van der Waals surface area contributed by atoms with Crippen LogP contribution in [0.25, 0.3) is 0 Å². The summed E-state index contributed by atoms with van der Waals surface area (Å²) >= 11 is 0. The molecule has 1 aliphatic heterocycles. The summed E-state index contributed by atoms with van der Waals surface area (Å²) < 4.78 is 19.9. The Hall–Kier alpha value is -2.95. The van der Waals surface area contributed by atoms with Gasteiger partial charge in [-0.3, -0.25) is 9.69 Å². The summed E-state index contributed by atoms with van der Waals surface area (Å²) in [6.45, 7) is 9.26. The van der Waals surface area contributed by atoms with Crippen molar-refractivity contribution in [2.24, 2.45) is 11.8 Å². The maximum Gasteiger partial charge on any atom is 0.259 e. The van der Waals surface area contributed by atoms with E-state index in [-0.39, 0.29) is 48.2 Å². The predicted molar refractivity (Wildman–Crippen MR) is 130 cm³/mol. The number of hydrogen-bond donors (Lipinski definition) is 1. The smallest absolute Gasteiger partial charge is 0.259 e. The van der Waals surface area contributed by atoms with E-state index in [0.29, 0.717) is 30.8 Å². The maximum atomic E-state index is 13.6. The molecular weight excluding hydrogens is 433 g/mol. The van der Waals surface area contributed by atoms with Gasteiger partial charge in [-0.25, -0.2) is 9.37 Å². The van der Waals surface area contributed by atoms with Crippen LogP contribution in [0.5, 0.6) is 5.88 Å². The molecule has 2 heterocycles. The number of aromatic nitrogens is 1. The van der Waals surface area contributed by atoms with Crippen molar-refractivity contribution < 1.29 is 19.0 Å². The fraction of sp³-hybridized carbons (Fsp3) is 0.481. The monoisotopic (exact) mass is 467 g/mol. The molecular formula is C27H34FN3O3. The van der Waals surface area contributed by atoms with Crippen molar-refractivity contribution in [1.82, 2.24) is 14.8 Å². The number of likely N-dealkylation sites (N-methyl/N-ethyl adjacent to an activating group) is 1. The van der Waals surface area contributed by atoms with Crippen LogP contribution in [0.1, 0.15) is 49.2 Å². The van der Waals surface area contributed by atoms with Crippen LogP contribution in [-0.2, 0) is 6.54 Å². The van der Waals surface area contributed by atoms with Crippen molar-refractivity contribution in [3.8, 4) is 17.7 Å². The number of amides is 1. The molecule has 0 spiro atoms. The molecule has 0 saturated heterocycles. The number of pyridine rings is 1. The zero-order valence-electron chi connectivity index (χ0n) is 20.6. The number of ether oxygens (including phenoxy) is 1. The average molecular weight is 468 g/mol. The summed E-state index contributed by atoms with van der Waals surface area (Å²) in [6.07, 6.45) is 1.36. The minimum absolute atomic E-state index is 0.0248. The fourth-order valence-corrected chi connectivity index (χ4v) is 3.93. The zero-order chi connectivity index (χ0) is 24.8. The van der Waals surface area contributed by atoms with E-state index in [4.69, 9.17) is 4.74 Å². The third kappa shape index (κ3) is 6.55. The van der Waals surface area contributed by atoms with E-state index in [1.165, 1.54) is 12.1 Å².